The third-order valence-electron chi connectivity index (χ3n) is 4.72. The first-order valence-electron chi connectivity index (χ1n) is 9.21. The van der Waals surface area contributed by atoms with E-state index in [1.54, 1.807) is 17.2 Å². The summed E-state index contributed by atoms with van der Waals surface area (Å²) in [4.78, 5) is 26.2. The largest absolute Gasteiger partial charge is 0.467 e. The lowest BCUT2D eigenvalue weighted by Gasteiger charge is -2.32. The maximum Gasteiger partial charge on any atom is 0.321 e. The fraction of sp³-hybridized carbons (Fsp3) is 0.400. The monoisotopic (exact) mass is 373 g/mol. The molecule has 0 aliphatic carbocycles. The number of hydrogen-bond acceptors (Lipinski definition) is 3. The minimum Gasteiger partial charge on any atom is -0.467 e. The summed E-state index contributed by atoms with van der Waals surface area (Å²) < 4.78 is 18.1. The number of likely N-dealkylation sites (tertiary alicyclic amines) is 1. The van der Waals surface area contributed by atoms with E-state index in [1.165, 1.54) is 24.3 Å². The van der Waals surface area contributed by atoms with Gasteiger partial charge < -0.3 is 20.0 Å². The quantitative estimate of drug-likeness (QED) is 0.810. The van der Waals surface area contributed by atoms with Crippen LogP contribution in [0.25, 0.3) is 0 Å². The summed E-state index contributed by atoms with van der Waals surface area (Å²) in [6.45, 7) is 1.70. The van der Waals surface area contributed by atoms with Crippen molar-refractivity contribution in [2.45, 2.75) is 32.2 Å². The van der Waals surface area contributed by atoms with Crippen molar-refractivity contribution in [3.05, 3.63) is 54.2 Å². The molecular weight excluding hydrogens is 349 g/mol. The normalized spacial score (nSPS) is 16.8. The number of halogens is 1. The van der Waals surface area contributed by atoms with Gasteiger partial charge in [-0.15, -0.1) is 0 Å². The minimum atomic E-state index is -0.337. The Morgan fingerprint density at radius 3 is 2.78 bits per heavy atom. The zero-order valence-corrected chi connectivity index (χ0v) is 15.1. The van der Waals surface area contributed by atoms with Crippen LogP contribution in [0.1, 0.15) is 31.4 Å². The average molecular weight is 373 g/mol. The van der Waals surface area contributed by atoms with Crippen molar-refractivity contribution < 1.29 is 18.4 Å². The van der Waals surface area contributed by atoms with Gasteiger partial charge in [0.15, 0.2) is 0 Å². The number of furan rings is 1. The molecule has 144 valence electrons. The second-order valence-corrected chi connectivity index (χ2v) is 6.79. The Bertz CT molecular complexity index is 746. The van der Waals surface area contributed by atoms with Gasteiger partial charge in [0.05, 0.1) is 12.8 Å². The van der Waals surface area contributed by atoms with Crippen LogP contribution >= 0.6 is 0 Å². The van der Waals surface area contributed by atoms with E-state index in [2.05, 4.69) is 10.6 Å². The van der Waals surface area contributed by atoms with Crippen LogP contribution < -0.4 is 10.6 Å². The number of nitrogens with one attached hydrogen (secondary N) is 2. The standard InChI is InChI=1S/C20H24FN3O3/c21-16-6-8-17(9-7-16)23-20(26)24-11-1-3-15(14-24)5-10-19(25)22-13-18-4-2-12-27-18/h2,4,6-9,12,15H,1,3,5,10-11,13-14H2,(H,22,25)(H,23,26). The smallest absolute Gasteiger partial charge is 0.321 e. The van der Waals surface area contributed by atoms with Crippen LogP contribution in [0.4, 0.5) is 14.9 Å². The van der Waals surface area contributed by atoms with Gasteiger partial charge in [-0.05, 0) is 61.6 Å². The number of piperidine rings is 1. The van der Waals surface area contributed by atoms with E-state index < -0.39 is 0 Å². The number of carbonyl (C=O) groups excluding carboxylic acids is 2. The highest BCUT2D eigenvalue weighted by Gasteiger charge is 2.24. The zero-order chi connectivity index (χ0) is 19.1. The number of carbonyl (C=O) groups is 2. The molecule has 1 unspecified atom stereocenters. The van der Waals surface area contributed by atoms with E-state index in [9.17, 15) is 14.0 Å². The molecule has 27 heavy (non-hydrogen) atoms. The second kappa shape index (κ2) is 9.21. The first-order valence-corrected chi connectivity index (χ1v) is 9.21. The van der Waals surface area contributed by atoms with Gasteiger partial charge in [-0.1, -0.05) is 0 Å². The Morgan fingerprint density at radius 2 is 2.04 bits per heavy atom. The van der Waals surface area contributed by atoms with Gasteiger partial charge in [-0.2, -0.15) is 0 Å². The van der Waals surface area contributed by atoms with Crippen LogP contribution in [-0.4, -0.2) is 29.9 Å². The predicted octanol–water partition coefficient (Wildman–Crippen LogP) is 3.76. The first kappa shape index (κ1) is 18.9. The third-order valence-corrected chi connectivity index (χ3v) is 4.72. The molecule has 3 amide bonds. The third kappa shape index (κ3) is 5.84. The summed E-state index contributed by atoms with van der Waals surface area (Å²) in [6.07, 6.45) is 4.67. The topological polar surface area (TPSA) is 74.6 Å². The highest BCUT2D eigenvalue weighted by Crippen LogP contribution is 2.22. The molecule has 6 nitrogen and oxygen atoms in total. The van der Waals surface area contributed by atoms with Gasteiger partial charge in [-0.3, -0.25) is 4.79 Å². The summed E-state index contributed by atoms with van der Waals surface area (Å²) in [5.74, 6) is 0.674. The van der Waals surface area contributed by atoms with Crippen LogP contribution in [-0.2, 0) is 11.3 Å². The van der Waals surface area contributed by atoms with Crippen molar-refractivity contribution in [2.24, 2.45) is 5.92 Å². The van der Waals surface area contributed by atoms with Crippen LogP contribution in [0, 0.1) is 11.7 Å². The number of rotatable bonds is 6. The maximum absolute atomic E-state index is 13.0. The van der Waals surface area contributed by atoms with Gasteiger partial charge in [-0.25, -0.2) is 9.18 Å². The Morgan fingerprint density at radius 1 is 1.22 bits per heavy atom. The molecule has 1 aromatic heterocycles. The fourth-order valence-corrected chi connectivity index (χ4v) is 3.24. The van der Waals surface area contributed by atoms with Crippen molar-refractivity contribution in [1.29, 1.82) is 0 Å². The van der Waals surface area contributed by atoms with E-state index in [0.29, 0.717) is 37.7 Å². The fourth-order valence-electron chi connectivity index (χ4n) is 3.24. The van der Waals surface area contributed by atoms with Crippen LogP contribution in [0.3, 0.4) is 0 Å². The van der Waals surface area contributed by atoms with Crippen molar-refractivity contribution in [2.75, 3.05) is 18.4 Å². The maximum atomic E-state index is 13.0. The Hall–Kier alpha value is -2.83. The molecule has 1 atom stereocenters. The molecule has 1 aliphatic heterocycles. The van der Waals surface area contributed by atoms with Gasteiger partial charge in [0, 0.05) is 25.2 Å². The van der Waals surface area contributed by atoms with Crippen molar-refractivity contribution in [3.63, 3.8) is 0 Å². The number of amides is 3. The average Bonchev–Trinajstić information content (AvgIpc) is 3.20. The molecular formula is C20H24FN3O3. The van der Waals surface area contributed by atoms with Crippen molar-refractivity contribution >= 4 is 17.6 Å². The van der Waals surface area contributed by atoms with E-state index in [0.717, 1.165) is 25.0 Å². The number of hydrogen-bond donors (Lipinski definition) is 2. The molecule has 1 saturated heterocycles. The Labute approximate surface area is 157 Å². The SMILES string of the molecule is O=C(CCC1CCCN(C(=O)Nc2ccc(F)cc2)C1)NCc1ccco1. The summed E-state index contributed by atoms with van der Waals surface area (Å²) in [5.41, 5.74) is 0.570. The van der Waals surface area contributed by atoms with E-state index >= 15 is 0 Å². The highest BCUT2D eigenvalue weighted by atomic mass is 19.1. The first-order chi connectivity index (χ1) is 13.1. The molecule has 2 aromatic rings. The Balaban J connectivity index is 1.41. The lowest BCUT2D eigenvalue weighted by Crippen LogP contribution is -2.42. The van der Waals surface area contributed by atoms with E-state index in [-0.39, 0.29) is 17.8 Å². The molecule has 7 heteroatoms. The van der Waals surface area contributed by atoms with Crippen LogP contribution in [0.2, 0.25) is 0 Å². The number of urea groups is 1. The van der Waals surface area contributed by atoms with Gasteiger partial charge >= 0.3 is 6.03 Å². The van der Waals surface area contributed by atoms with Crippen LogP contribution in [0.5, 0.6) is 0 Å². The second-order valence-electron chi connectivity index (χ2n) is 6.79. The molecule has 0 saturated carbocycles. The summed E-state index contributed by atoms with van der Waals surface area (Å²) in [7, 11) is 0. The van der Waals surface area contributed by atoms with Gasteiger partial charge in [0.25, 0.3) is 0 Å². The molecule has 0 bridgehead atoms. The van der Waals surface area contributed by atoms with E-state index in [4.69, 9.17) is 4.42 Å². The number of anilines is 1. The van der Waals surface area contributed by atoms with E-state index in [1.807, 2.05) is 6.07 Å². The van der Waals surface area contributed by atoms with Gasteiger partial charge in [0.1, 0.15) is 11.6 Å². The Kier molecular flexibility index (Phi) is 6.46. The summed E-state index contributed by atoms with van der Waals surface area (Å²) >= 11 is 0. The van der Waals surface area contributed by atoms with Crippen molar-refractivity contribution in [3.8, 4) is 0 Å². The number of benzene rings is 1. The molecule has 0 spiro atoms. The molecule has 2 heterocycles. The lowest BCUT2D eigenvalue weighted by molar-refractivity contribution is -0.121. The summed E-state index contributed by atoms with van der Waals surface area (Å²) in [5, 5.41) is 5.63. The summed E-state index contributed by atoms with van der Waals surface area (Å²) in [6, 6.07) is 9.13. The predicted molar refractivity (Wildman–Crippen MR) is 99.5 cm³/mol. The minimum absolute atomic E-state index is 0.0145. The van der Waals surface area contributed by atoms with Gasteiger partial charge in [0.2, 0.25) is 5.91 Å². The highest BCUT2D eigenvalue weighted by molar-refractivity contribution is 5.89. The molecule has 1 fully saturated rings. The number of nitrogens with zero attached hydrogens (tertiary/aromatic N) is 1. The van der Waals surface area contributed by atoms with Crippen molar-refractivity contribution in [1.82, 2.24) is 10.2 Å². The molecule has 1 aromatic carbocycles. The van der Waals surface area contributed by atoms with Crippen LogP contribution in [0.15, 0.2) is 47.1 Å². The lowest BCUT2D eigenvalue weighted by atomic mass is 9.93. The molecule has 0 radical (unpaired) electrons. The molecule has 2 N–H and O–H groups in total. The molecule has 3 rings (SSSR count). The molecule has 1 aliphatic rings. The zero-order valence-electron chi connectivity index (χ0n) is 15.1.